The van der Waals surface area contributed by atoms with Crippen LogP contribution >= 0.6 is 0 Å². The summed E-state index contributed by atoms with van der Waals surface area (Å²) in [7, 11) is 12.7. The lowest BCUT2D eigenvalue weighted by atomic mass is 10.0. The number of halogens is 3. The van der Waals surface area contributed by atoms with E-state index in [-0.39, 0.29) is 50.9 Å². The van der Waals surface area contributed by atoms with E-state index in [2.05, 4.69) is 56.0 Å². The summed E-state index contributed by atoms with van der Waals surface area (Å²) in [5.74, 6) is 0. The minimum Gasteiger partial charge on any atom is -1.00 e. The molecule has 0 aromatic heterocycles. The van der Waals surface area contributed by atoms with Crippen LogP contribution in [-0.2, 0) is 0 Å². The summed E-state index contributed by atoms with van der Waals surface area (Å²) in [6, 6.07) is 0. The summed E-state index contributed by atoms with van der Waals surface area (Å²) in [4.78, 5) is 0. The highest BCUT2D eigenvalue weighted by molar-refractivity contribution is 4.54. The van der Waals surface area contributed by atoms with Crippen molar-refractivity contribution in [1.29, 1.82) is 0 Å². The highest BCUT2D eigenvalue weighted by Gasteiger charge is 2.25. The van der Waals surface area contributed by atoms with E-state index >= 15 is 0 Å². The lowest BCUT2D eigenvalue weighted by Gasteiger charge is -2.38. The number of unbranched alkanes of at least 4 members (excludes halogenated alkanes) is 33. The molecule has 3 nitrogen and oxygen atoms in total. The number of nitrogens with zero attached hydrogens (tertiary/aromatic N) is 3. The third-order valence-electron chi connectivity index (χ3n) is 13.7. The molecule has 0 saturated carbocycles. The van der Waals surface area contributed by atoms with Gasteiger partial charge in [0.05, 0.1) is 81.1 Å². The maximum Gasteiger partial charge on any atom is 0.0839 e. The highest BCUT2D eigenvalue weighted by Crippen LogP contribution is 2.18. The summed E-state index contributed by atoms with van der Waals surface area (Å²) in [5.41, 5.74) is 0. The van der Waals surface area contributed by atoms with E-state index in [0.717, 1.165) is 0 Å². The molecule has 0 N–H and O–H groups in total. The standard InChI is InChI=1S/C53H114N3.3BrH/c1-9-12-15-18-21-24-27-30-33-36-39-42-47-54(4,5)49-45-52-56(8,51-44-41-38-35-32-29-26-23-20-17-14-11-3)53-46-50-55(6,7)48-43-40-37-34-31-28-25-22-19-16-13-10-2;;;/h9-53H2,1-8H3;3*1H/q+3;;;/p-3. The summed E-state index contributed by atoms with van der Waals surface area (Å²) in [5, 5.41) is 0. The van der Waals surface area contributed by atoms with E-state index in [1.807, 2.05) is 0 Å². The van der Waals surface area contributed by atoms with Crippen molar-refractivity contribution in [3.8, 4) is 0 Å². The first-order chi connectivity index (χ1) is 27.1. The van der Waals surface area contributed by atoms with Crippen molar-refractivity contribution < 1.29 is 64.4 Å². The monoisotopic (exact) mass is 1030 g/mol. The van der Waals surface area contributed by atoms with Crippen LogP contribution in [0.3, 0.4) is 0 Å². The van der Waals surface area contributed by atoms with E-state index in [9.17, 15) is 0 Å². The van der Waals surface area contributed by atoms with Crippen LogP contribution in [0.4, 0.5) is 0 Å². The van der Waals surface area contributed by atoms with Gasteiger partial charge in [-0.2, -0.15) is 0 Å². The summed E-state index contributed by atoms with van der Waals surface area (Å²) in [6.45, 7) is 16.6. The van der Waals surface area contributed by atoms with E-state index in [1.54, 1.807) is 0 Å². The van der Waals surface area contributed by atoms with Crippen molar-refractivity contribution in [3.05, 3.63) is 0 Å². The molecule has 0 aliphatic heterocycles. The van der Waals surface area contributed by atoms with Crippen LogP contribution in [0, 0.1) is 0 Å². The number of hydrogen-bond acceptors (Lipinski definition) is 0. The molecule has 0 spiro atoms. The number of rotatable bonds is 47. The summed E-state index contributed by atoms with van der Waals surface area (Å²) in [6.07, 6.45) is 55.0. The molecule has 0 saturated heterocycles. The van der Waals surface area contributed by atoms with Gasteiger partial charge in [0.25, 0.3) is 0 Å². The third-order valence-corrected chi connectivity index (χ3v) is 13.7. The molecular formula is C53H114Br3N3. The first-order valence-electron chi connectivity index (χ1n) is 26.6. The molecule has 6 heteroatoms. The molecule has 0 aliphatic carbocycles. The fraction of sp³-hybridized carbons (Fsp3) is 1.00. The van der Waals surface area contributed by atoms with Crippen molar-refractivity contribution in [2.45, 2.75) is 265 Å². The second-order valence-electron chi connectivity index (χ2n) is 20.9. The lowest BCUT2D eigenvalue weighted by molar-refractivity contribution is -0.928. The van der Waals surface area contributed by atoms with Gasteiger partial charge in [0.15, 0.2) is 0 Å². The lowest BCUT2D eigenvalue weighted by Crippen LogP contribution is -3.00. The van der Waals surface area contributed by atoms with Crippen LogP contribution in [0.15, 0.2) is 0 Å². The predicted octanol–water partition coefficient (Wildman–Crippen LogP) is 7.48. The Bertz CT molecular complexity index is 731. The minimum absolute atomic E-state index is 0. The molecule has 0 fully saturated rings. The SMILES string of the molecule is CCCCCCCCCCCCCC[N+](C)(C)CCC[N+](C)(CCCCCCCCCCCCCC)CCC[N+](C)(C)CCCCCCCCCCCCCC.[Br-].[Br-].[Br-]. The van der Waals surface area contributed by atoms with Crippen molar-refractivity contribution in [1.82, 2.24) is 0 Å². The topological polar surface area (TPSA) is 0 Å². The fourth-order valence-electron chi connectivity index (χ4n) is 9.42. The average molecular weight is 1030 g/mol. The Labute approximate surface area is 407 Å². The Morgan fingerprint density at radius 2 is 0.339 bits per heavy atom. The van der Waals surface area contributed by atoms with Gasteiger partial charge in [-0.3, -0.25) is 0 Å². The van der Waals surface area contributed by atoms with Gasteiger partial charge < -0.3 is 64.4 Å². The molecule has 0 aromatic carbocycles. The van der Waals surface area contributed by atoms with Crippen LogP contribution in [0.25, 0.3) is 0 Å². The second kappa shape index (κ2) is 48.8. The fourth-order valence-corrected chi connectivity index (χ4v) is 9.42. The van der Waals surface area contributed by atoms with Crippen LogP contribution in [-0.4, -0.2) is 94.5 Å². The second-order valence-corrected chi connectivity index (χ2v) is 20.9. The van der Waals surface area contributed by atoms with Gasteiger partial charge in [0.2, 0.25) is 0 Å². The van der Waals surface area contributed by atoms with Gasteiger partial charge in [0, 0.05) is 12.8 Å². The Kier molecular flexibility index (Phi) is 55.3. The predicted molar refractivity (Wildman–Crippen MR) is 257 cm³/mol. The van der Waals surface area contributed by atoms with Crippen LogP contribution in [0.1, 0.15) is 265 Å². The molecule has 59 heavy (non-hydrogen) atoms. The van der Waals surface area contributed by atoms with Crippen LogP contribution in [0.5, 0.6) is 0 Å². The number of hydrogen-bond donors (Lipinski definition) is 0. The molecule has 0 aromatic rings. The van der Waals surface area contributed by atoms with Gasteiger partial charge in [-0.1, -0.05) is 213 Å². The molecule has 0 unspecified atom stereocenters. The molecule has 0 radical (unpaired) electrons. The highest BCUT2D eigenvalue weighted by atomic mass is 79.9. The number of quaternary nitrogens is 3. The van der Waals surface area contributed by atoms with Crippen molar-refractivity contribution in [3.63, 3.8) is 0 Å². The van der Waals surface area contributed by atoms with Crippen LogP contribution < -0.4 is 50.9 Å². The Morgan fingerprint density at radius 1 is 0.186 bits per heavy atom. The largest absolute Gasteiger partial charge is 1.00 e. The van der Waals surface area contributed by atoms with E-state index in [1.165, 1.54) is 303 Å². The zero-order valence-electron chi connectivity index (χ0n) is 42.3. The Hall–Kier alpha value is 1.32. The Balaban J connectivity index is -0.00000504. The van der Waals surface area contributed by atoms with Crippen molar-refractivity contribution in [2.75, 3.05) is 81.1 Å². The van der Waals surface area contributed by atoms with E-state index in [0.29, 0.717) is 0 Å². The first-order valence-corrected chi connectivity index (χ1v) is 26.6. The molecule has 0 aliphatic rings. The smallest absolute Gasteiger partial charge is 0.0839 e. The zero-order chi connectivity index (χ0) is 41.3. The Morgan fingerprint density at radius 3 is 0.559 bits per heavy atom. The minimum atomic E-state index is 0. The molecular weight excluding hydrogens is 918 g/mol. The van der Waals surface area contributed by atoms with Gasteiger partial charge in [-0.25, -0.2) is 0 Å². The normalized spacial score (nSPS) is 12.0. The van der Waals surface area contributed by atoms with Crippen molar-refractivity contribution in [2.24, 2.45) is 0 Å². The van der Waals surface area contributed by atoms with Gasteiger partial charge in [-0.15, -0.1) is 0 Å². The first kappa shape index (κ1) is 66.9. The molecule has 0 amide bonds. The van der Waals surface area contributed by atoms with Gasteiger partial charge in [-0.05, 0) is 38.5 Å². The van der Waals surface area contributed by atoms with Crippen molar-refractivity contribution >= 4 is 0 Å². The maximum absolute atomic E-state index is 2.63. The van der Waals surface area contributed by atoms with Crippen LogP contribution in [0.2, 0.25) is 0 Å². The maximum atomic E-state index is 2.63. The molecule has 0 bridgehead atoms. The quantitative estimate of drug-likeness (QED) is 0.0439. The average Bonchev–Trinajstić information content (AvgIpc) is 3.16. The molecule has 362 valence electrons. The third kappa shape index (κ3) is 50.2. The molecule has 0 atom stereocenters. The van der Waals surface area contributed by atoms with E-state index in [4.69, 9.17) is 0 Å². The van der Waals surface area contributed by atoms with Gasteiger partial charge >= 0.3 is 0 Å². The van der Waals surface area contributed by atoms with E-state index < -0.39 is 0 Å². The van der Waals surface area contributed by atoms with Gasteiger partial charge in [0.1, 0.15) is 0 Å². The summed E-state index contributed by atoms with van der Waals surface area (Å²) >= 11 is 0. The molecule has 0 rings (SSSR count). The summed E-state index contributed by atoms with van der Waals surface area (Å²) < 4.78 is 3.76. The molecule has 0 heterocycles. The zero-order valence-corrected chi connectivity index (χ0v) is 47.1.